The average molecular weight is 147 g/mol. The molecule has 0 aromatic rings. The van der Waals surface area contributed by atoms with Crippen molar-refractivity contribution in [2.75, 3.05) is 0 Å². The van der Waals surface area contributed by atoms with E-state index < -0.39 is 0 Å². The number of hydrogen-bond acceptors (Lipinski definition) is 0. The van der Waals surface area contributed by atoms with Crippen LogP contribution in [0, 0.1) is 12.8 Å². The quantitative estimate of drug-likeness (QED) is 0.364. The minimum atomic E-state index is 0. The molecule has 0 aliphatic rings. The van der Waals surface area contributed by atoms with E-state index in [4.69, 9.17) is 0 Å². The standard InChI is InChI=1S/2C3H7.ClH.Mg/c2*1-3-2;;/h2*3H,1-2H3;1H;/q2*-1;;+2. The van der Waals surface area contributed by atoms with E-state index in [0.29, 0.717) is 0 Å². The average Bonchev–Trinajstić information content (AvgIpc) is 1.39. The Morgan fingerprint density at radius 3 is 0.750 bits per heavy atom. The van der Waals surface area contributed by atoms with Crippen molar-refractivity contribution in [2.24, 2.45) is 0 Å². The molecule has 0 spiro atoms. The van der Waals surface area contributed by atoms with Crippen molar-refractivity contribution in [3.8, 4) is 0 Å². The summed E-state index contributed by atoms with van der Waals surface area (Å²) in [6.45, 7) is 8.00. The second kappa shape index (κ2) is 42.9. The zero-order chi connectivity index (χ0) is 5.41. The van der Waals surface area contributed by atoms with Crippen LogP contribution >= 0.6 is 12.4 Å². The molecule has 2 heteroatoms. The van der Waals surface area contributed by atoms with Gasteiger partial charge in [0.15, 0.2) is 0 Å². The summed E-state index contributed by atoms with van der Waals surface area (Å²) in [5.74, 6) is 0. The van der Waals surface area contributed by atoms with Crippen LogP contribution in [-0.2, 0) is 0 Å². The third-order valence-corrected chi connectivity index (χ3v) is 0. The van der Waals surface area contributed by atoms with Crippen LogP contribution in [0.3, 0.4) is 0 Å². The third kappa shape index (κ3) is 232. The number of rotatable bonds is 0. The number of halogens is 1. The largest absolute Gasteiger partial charge is 2.00 e. The van der Waals surface area contributed by atoms with Gasteiger partial charge in [-0.05, 0) is 0 Å². The van der Waals surface area contributed by atoms with Crippen LogP contribution in [0.1, 0.15) is 27.7 Å². The molecule has 0 saturated carbocycles. The number of hydrogen-bond donors (Lipinski definition) is 0. The van der Waals surface area contributed by atoms with E-state index in [1.807, 2.05) is 40.5 Å². The second-order valence-corrected chi connectivity index (χ2v) is 1.15. The van der Waals surface area contributed by atoms with E-state index in [0.717, 1.165) is 0 Å². The Morgan fingerprint density at radius 2 is 0.750 bits per heavy atom. The first-order valence-corrected chi connectivity index (χ1v) is 2.31. The molecule has 0 atom stereocenters. The molecule has 0 aliphatic heterocycles. The van der Waals surface area contributed by atoms with Crippen molar-refractivity contribution in [2.45, 2.75) is 27.7 Å². The van der Waals surface area contributed by atoms with Crippen LogP contribution in [0.4, 0.5) is 0 Å². The molecule has 0 aromatic carbocycles. The Hall–Kier alpha value is 1.06. The zero-order valence-electron chi connectivity index (χ0n) is 6.27. The molecular formula is C6H15ClMg. The van der Waals surface area contributed by atoms with Gasteiger partial charge in [-0.1, -0.05) is 0 Å². The minimum absolute atomic E-state index is 0. The molecule has 0 aromatic heterocycles. The fourth-order valence-electron chi connectivity index (χ4n) is 0. The van der Waals surface area contributed by atoms with Gasteiger partial charge in [-0.25, -0.2) is 0 Å². The summed E-state index contributed by atoms with van der Waals surface area (Å²) in [6.07, 6.45) is 4.00. The molecule has 0 N–H and O–H groups in total. The first-order chi connectivity index (χ1) is 2.83. The van der Waals surface area contributed by atoms with Crippen molar-refractivity contribution in [3.63, 3.8) is 0 Å². The van der Waals surface area contributed by atoms with Crippen LogP contribution in [0.2, 0.25) is 0 Å². The maximum Gasteiger partial charge on any atom is 2.00 e. The second-order valence-electron chi connectivity index (χ2n) is 1.15. The third-order valence-electron chi connectivity index (χ3n) is 0. The molecule has 8 heavy (non-hydrogen) atoms. The van der Waals surface area contributed by atoms with Gasteiger partial charge in [-0.2, -0.15) is 27.7 Å². The van der Waals surface area contributed by atoms with Gasteiger partial charge in [0, 0.05) is 0 Å². The molecule has 0 fully saturated rings. The van der Waals surface area contributed by atoms with Crippen LogP contribution in [0.15, 0.2) is 0 Å². The molecule has 0 saturated heterocycles. The normalized spacial score (nSPS) is 4.50. The summed E-state index contributed by atoms with van der Waals surface area (Å²) in [7, 11) is 0. The smallest absolute Gasteiger partial charge is 0.335 e. The molecule has 0 amide bonds. The Bertz CT molecular complexity index is 10.5. The summed E-state index contributed by atoms with van der Waals surface area (Å²) in [6, 6.07) is 0. The maximum atomic E-state index is 2.00. The molecule has 0 unspecified atom stereocenters. The SMILES string of the molecule is C[CH-]C.C[CH-]C.Cl.[Mg+2]. The predicted molar refractivity (Wildman–Crippen MR) is 44.3 cm³/mol. The molecular weight excluding hydrogens is 132 g/mol. The molecule has 48 valence electrons. The Kier molecular flexibility index (Phi) is 123. The Morgan fingerprint density at radius 1 is 0.750 bits per heavy atom. The van der Waals surface area contributed by atoms with Crippen LogP contribution in [0.25, 0.3) is 0 Å². The van der Waals surface area contributed by atoms with Gasteiger partial charge in [0.05, 0.1) is 0 Å². The predicted octanol–water partition coefficient (Wildman–Crippen LogP) is 2.50. The summed E-state index contributed by atoms with van der Waals surface area (Å²) < 4.78 is 0. The minimum Gasteiger partial charge on any atom is -0.335 e. The van der Waals surface area contributed by atoms with Crippen LogP contribution in [0.5, 0.6) is 0 Å². The van der Waals surface area contributed by atoms with E-state index in [9.17, 15) is 0 Å². The van der Waals surface area contributed by atoms with E-state index in [1.54, 1.807) is 0 Å². The van der Waals surface area contributed by atoms with Crippen molar-refractivity contribution in [1.82, 2.24) is 0 Å². The molecule has 0 rings (SSSR count). The monoisotopic (exact) mass is 146 g/mol. The van der Waals surface area contributed by atoms with Crippen molar-refractivity contribution in [3.05, 3.63) is 12.8 Å². The molecule has 0 radical (unpaired) electrons. The van der Waals surface area contributed by atoms with E-state index >= 15 is 0 Å². The van der Waals surface area contributed by atoms with Gasteiger partial charge in [0.25, 0.3) is 0 Å². The van der Waals surface area contributed by atoms with Gasteiger partial charge in [-0.15, -0.1) is 12.4 Å². The van der Waals surface area contributed by atoms with E-state index in [2.05, 4.69) is 0 Å². The summed E-state index contributed by atoms with van der Waals surface area (Å²) >= 11 is 0. The topological polar surface area (TPSA) is 0 Å². The first kappa shape index (κ1) is 23.0. The fraction of sp³-hybridized carbons (Fsp3) is 0.667. The van der Waals surface area contributed by atoms with Crippen molar-refractivity contribution >= 4 is 35.5 Å². The fourth-order valence-corrected chi connectivity index (χ4v) is 0. The van der Waals surface area contributed by atoms with Gasteiger partial charge in [0.2, 0.25) is 0 Å². The Balaban J connectivity index is -0.0000000160. The van der Waals surface area contributed by atoms with Crippen molar-refractivity contribution < 1.29 is 0 Å². The molecule has 0 nitrogen and oxygen atoms in total. The van der Waals surface area contributed by atoms with Gasteiger partial charge in [0.1, 0.15) is 0 Å². The molecule has 0 heterocycles. The van der Waals surface area contributed by atoms with Gasteiger partial charge >= 0.3 is 23.1 Å². The van der Waals surface area contributed by atoms with Crippen LogP contribution < -0.4 is 0 Å². The molecule has 0 aliphatic carbocycles. The summed E-state index contributed by atoms with van der Waals surface area (Å²) in [5.41, 5.74) is 0. The first-order valence-electron chi connectivity index (χ1n) is 2.31. The van der Waals surface area contributed by atoms with E-state index in [1.165, 1.54) is 0 Å². The Labute approximate surface area is 76.0 Å². The summed E-state index contributed by atoms with van der Waals surface area (Å²) in [5, 5.41) is 0. The van der Waals surface area contributed by atoms with Crippen molar-refractivity contribution in [1.29, 1.82) is 0 Å². The summed E-state index contributed by atoms with van der Waals surface area (Å²) in [4.78, 5) is 0. The van der Waals surface area contributed by atoms with E-state index in [-0.39, 0.29) is 35.5 Å². The zero-order valence-corrected chi connectivity index (χ0v) is 8.50. The maximum absolute atomic E-state index is 2.00. The van der Waals surface area contributed by atoms with Gasteiger partial charge < -0.3 is 12.8 Å². The van der Waals surface area contributed by atoms with Crippen LogP contribution in [-0.4, -0.2) is 23.1 Å². The van der Waals surface area contributed by atoms with Gasteiger partial charge in [-0.3, -0.25) is 0 Å². The molecule has 0 bridgehead atoms.